The Kier molecular flexibility index (Phi) is 7.31. The molecule has 2 aromatic carbocycles. The average molecular weight is 496 g/mol. The van der Waals surface area contributed by atoms with Crippen LogP contribution < -0.4 is 10.1 Å². The van der Waals surface area contributed by atoms with Crippen LogP contribution in [0.5, 0.6) is 5.75 Å². The van der Waals surface area contributed by atoms with E-state index in [2.05, 4.69) is 10.2 Å². The molecule has 2 aromatic rings. The van der Waals surface area contributed by atoms with Gasteiger partial charge in [0.25, 0.3) is 0 Å². The number of hydrogen-bond acceptors (Lipinski definition) is 6. The van der Waals surface area contributed by atoms with Crippen molar-refractivity contribution in [1.29, 1.82) is 0 Å². The normalized spacial score (nSPS) is 20.3. The summed E-state index contributed by atoms with van der Waals surface area (Å²) in [5.41, 5.74) is 0.573. The number of benzene rings is 2. The highest BCUT2D eigenvalue weighted by molar-refractivity contribution is 8.00. The number of nitrogens with one attached hydrogen (secondary N) is 1. The summed E-state index contributed by atoms with van der Waals surface area (Å²) in [6, 6.07) is 12.2. The number of piperazine rings is 1. The highest BCUT2D eigenvalue weighted by atomic mass is 35.5. The van der Waals surface area contributed by atoms with Crippen molar-refractivity contribution in [3.05, 3.63) is 47.5 Å². The first kappa shape index (κ1) is 23.4. The van der Waals surface area contributed by atoms with E-state index in [-0.39, 0.29) is 16.1 Å². The Bertz CT molecular complexity index is 1070. The topological polar surface area (TPSA) is 79.0 Å². The van der Waals surface area contributed by atoms with E-state index < -0.39 is 10.0 Å². The van der Waals surface area contributed by atoms with Crippen LogP contribution in [-0.2, 0) is 14.8 Å². The van der Waals surface area contributed by atoms with Gasteiger partial charge in [0.05, 0.1) is 10.6 Å². The number of carbonyl (C=O) groups excluding carboxylic acids is 1. The molecule has 2 aliphatic rings. The molecule has 1 amide bonds. The predicted octanol–water partition coefficient (Wildman–Crippen LogP) is 3.55. The third-order valence-electron chi connectivity index (χ3n) is 5.49. The zero-order chi connectivity index (χ0) is 22.7. The van der Waals surface area contributed by atoms with E-state index in [0.29, 0.717) is 49.9 Å². The van der Waals surface area contributed by atoms with Crippen LogP contribution in [0, 0.1) is 0 Å². The van der Waals surface area contributed by atoms with Crippen LogP contribution in [0.4, 0.5) is 5.69 Å². The van der Waals surface area contributed by atoms with Gasteiger partial charge >= 0.3 is 0 Å². The Balaban J connectivity index is 1.33. The summed E-state index contributed by atoms with van der Waals surface area (Å²) in [4.78, 5) is 15.3. The molecule has 7 nitrogen and oxygen atoms in total. The van der Waals surface area contributed by atoms with E-state index in [0.717, 1.165) is 17.2 Å². The molecule has 32 heavy (non-hydrogen) atoms. The Hall–Kier alpha value is -1.78. The number of hydrogen-bond donors (Lipinski definition) is 1. The summed E-state index contributed by atoms with van der Waals surface area (Å²) in [6.07, 6.45) is 0.408. The van der Waals surface area contributed by atoms with Crippen molar-refractivity contribution in [2.75, 3.05) is 44.6 Å². The number of thioether (sulfide) groups is 1. The number of nitrogens with zero attached hydrogens (tertiary/aromatic N) is 2. The third-order valence-corrected chi connectivity index (χ3v) is 8.81. The van der Waals surface area contributed by atoms with Crippen LogP contribution in [0.15, 0.2) is 52.3 Å². The molecule has 10 heteroatoms. The number of rotatable bonds is 6. The smallest absolute Gasteiger partial charge is 0.243 e. The lowest BCUT2D eigenvalue weighted by atomic mass is 10.3. The van der Waals surface area contributed by atoms with E-state index in [4.69, 9.17) is 16.3 Å². The first-order chi connectivity index (χ1) is 15.3. The Morgan fingerprint density at radius 3 is 2.56 bits per heavy atom. The molecule has 1 saturated heterocycles. The lowest BCUT2D eigenvalue weighted by Gasteiger charge is -2.33. The monoisotopic (exact) mass is 495 g/mol. The van der Waals surface area contributed by atoms with Gasteiger partial charge in [-0.05, 0) is 42.5 Å². The zero-order valence-corrected chi connectivity index (χ0v) is 20.2. The Labute approximate surface area is 198 Å². The number of amides is 1. The van der Waals surface area contributed by atoms with Crippen molar-refractivity contribution >= 4 is 45.0 Å². The van der Waals surface area contributed by atoms with Crippen LogP contribution in [-0.4, -0.2) is 68.1 Å². The molecule has 2 heterocycles. The second-order valence-electron chi connectivity index (χ2n) is 7.89. The van der Waals surface area contributed by atoms with E-state index in [1.807, 2.05) is 19.1 Å². The summed E-state index contributed by atoms with van der Waals surface area (Å²) in [5, 5.41) is 3.66. The fourth-order valence-corrected chi connectivity index (χ4v) is 6.38. The molecule has 0 aliphatic carbocycles. The van der Waals surface area contributed by atoms with Crippen molar-refractivity contribution in [1.82, 2.24) is 9.21 Å². The molecular weight excluding hydrogens is 470 g/mol. The maximum atomic E-state index is 13.2. The van der Waals surface area contributed by atoms with Gasteiger partial charge < -0.3 is 10.1 Å². The molecule has 4 rings (SSSR count). The van der Waals surface area contributed by atoms with Crippen molar-refractivity contribution in [3.63, 3.8) is 0 Å². The number of anilines is 1. The minimum absolute atomic E-state index is 0.0901. The van der Waals surface area contributed by atoms with Gasteiger partial charge in [-0.2, -0.15) is 4.31 Å². The molecule has 0 radical (unpaired) electrons. The Morgan fingerprint density at radius 1 is 1.12 bits per heavy atom. The lowest BCUT2D eigenvalue weighted by Crippen LogP contribution is -2.49. The Morgan fingerprint density at radius 2 is 1.84 bits per heavy atom. The molecule has 0 unspecified atom stereocenters. The van der Waals surface area contributed by atoms with Gasteiger partial charge in [-0.15, -0.1) is 11.8 Å². The fraction of sp³-hybridized carbons (Fsp3) is 0.409. The van der Waals surface area contributed by atoms with Crippen molar-refractivity contribution < 1.29 is 17.9 Å². The number of carbonyl (C=O) groups is 1. The number of ether oxygens (including phenoxy) is 1. The first-order valence-corrected chi connectivity index (χ1v) is 13.2. The van der Waals surface area contributed by atoms with Crippen LogP contribution >= 0.6 is 23.4 Å². The standard InChI is InChI=1S/C22H26ClN3O4S2/c1-16-14-22(27)24-20-15-19(6-7-21(20)31-16)32(28,29)26-10-8-25(9-11-26)12-13-30-18-4-2-17(23)3-5-18/h2-7,15-16H,8-14H2,1H3,(H,24,27)/t16-/m0/s1. The average Bonchev–Trinajstić information content (AvgIpc) is 2.91. The number of halogens is 1. The number of fused-ring (bicyclic) bond motifs is 1. The van der Waals surface area contributed by atoms with Gasteiger partial charge in [-0.25, -0.2) is 8.42 Å². The molecule has 0 saturated carbocycles. The highest BCUT2D eigenvalue weighted by Crippen LogP contribution is 2.36. The van der Waals surface area contributed by atoms with E-state index in [1.165, 1.54) is 4.31 Å². The lowest BCUT2D eigenvalue weighted by molar-refractivity contribution is -0.116. The van der Waals surface area contributed by atoms with Gasteiger partial charge in [0.2, 0.25) is 15.9 Å². The maximum Gasteiger partial charge on any atom is 0.243 e. The van der Waals surface area contributed by atoms with Gasteiger partial charge in [-0.1, -0.05) is 18.5 Å². The summed E-state index contributed by atoms with van der Waals surface area (Å²) >= 11 is 7.46. The summed E-state index contributed by atoms with van der Waals surface area (Å²) in [7, 11) is -3.63. The van der Waals surface area contributed by atoms with Crippen molar-refractivity contribution in [3.8, 4) is 5.75 Å². The summed E-state index contributed by atoms with van der Waals surface area (Å²) in [5.74, 6) is 0.672. The van der Waals surface area contributed by atoms with Crippen molar-refractivity contribution in [2.45, 2.75) is 28.4 Å². The SMILES string of the molecule is C[C@H]1CC(=O)Nc2cc(S(=O)(=O)N3CCN(CCOc4ccc(Cl)cc4)CC3)ccc2S1. The molecule has 1 atom stereocenters. The second-order valence-corrected chi connectivity index (χ2v) is 11.7. The summed E-state index contributed by atoms with van der Waals surface area (Å²) in [6.45, 7) is 5.34. The van der Waals surface area contributed by atoms with Gasteiger partial charge in [0.15, 0.2) is 0 Å². The minimum atomic E-state index is -3.63. The molecule has 2 aliphatic heterocycles. The third kappa shape index (κ3) is 5.58. The number of sulfonamides is 1. The quantitative estimate of drug-likeness (QED) is 0.660. The van der Waals surface area contributed by atoms with E-state index in [1.54, 1.807) is 42.1 Å². The molecule has 0 bridgehead atoms. The van der Waals surface area contributed by atoms with Crippen LogP contribution in [0.1, 0.15) is 13.3 Å². The molecule has 0 aromatic heterocycles. The van der Waals surface area contributed by atoms with Crippen LogP contribution in [0.2, 0.25) is 5.02 Å². The van der Waals surface area contributed by atoms with Gasteiger partial charge in [-0.3, -0.25) is 9.69 Å². The molecular formula is C22H26ClN3O4S2. The largest absolute Gasteiger partial charge is 0.492 e. The van der Waals surface area contributed by atoms with Gasteiger partial charge in [0, 0.05) is 54.3 Å². The molecule has 1 N–H and O–H groups in total. The van der Waals surface area contributed by atoms with Crippen LogP contribution in [0.25, 0.3) is 0 Å². The first-order valence-electron chi connectivity index (χ1n) is 10.5. The minimum Gasteiger partial charge on any atom is -0.492 e. The van der Waals surface area contributed by atoms with E-state index >= 15 is 0 Å². The summed E-state index contributed by atoms with van der Waals surface area (Å²) < 4.78 is 33.6. The molecule has 1 fully saturated rings. The van der Waals surface area contributed by atoms with Crippen LogP contribution in [0.3, 0.4) is 0 Å². The predicted molar refractivity (Wildman–Crippen MR) is 127 cm³/mol. The van der Waals surface area contributed by atoms with Gasteiger partial charge in [0.1, 0.15) is 12.4 Å². The van der Waals surface area contributed by atoms with E-state index in [9.17, 15) is 13.2 Å². The molecule has 0 spiro atoms. The highest BCUT2D eigenvalue weighted by Gasteiger charge is 2.30. The van der Waals surface area contributed by atoms with Crippen molar-refractivity contribution in [2.24, 2.45) is 0 Å². The second kappa shape index (κ2) is 10.0. The fourth-order valence-electron chi connectivity index (χ4n) is 3.76. The zero-order valence-electron chi connectivity index (χ0n) is 17.8. The molecule has 172 valence electrons. The maximum absolute atomic E-state index is 13.2.